The molecule has 0 heterocycles. The summed E-state index contributed by atoms with van der Waals surface area (Å²) >= 11 is 0. The number of aliphatic hydroxyl groups excluding tert-OH is 1. The molecule has 1 rings (SSSR count). The van der Waals surface area contributed by atoms with Crippen molar-refractivity contribution in [1.82, 2.24) is 0 Å². The van der Waals surface area contributed by atoms with Crippen LogP contribution in [0.5, 0.6) is 5.75 Å². The number of rotatable bonds is 4. The molecule has 0 saturated heterocycles. The van der Waals surface area contributed by atoms with Crippen molar-refractivity contribution < 1.29 is 14.8 Å². The van der Waals surface area contributed by atoms with Crippen molar-refractivity contribution >= 4 is 6.08 Å². The molecule has 1 N–H and O–H groups in total. The van der Waals surface area contributed by atoms with Crippen LogP contribution in [0.2, 0.25) is 0 Å². The van der Waals surface area contributed by atoms with Gasteiger partial charge in [0.2, 0.25) is 0 Å². The van der Waals surface area contributed by atoms with Gasteiger partial charge in [-0.05, 0) is 17.7 Å². The van der Waals surface area contributed by atoms with Gasteiger partial charge in [0.05, 0.1) is 12.0 Å². The van der Waals surface area contributed by atoms with E-state index in [1.807, 2.05) is 0 Å². The van der Waals surface area contributed by atoms with Crippen LogP contribution < -0.4 is 4.74 Å². The largest absolute Gasteiger partial charge is 0.497 e. The van der Waals surface area contributed by atoms with Crippen LogP contribution in [0, 0.1) is 10.1 Å². The van der Waals surface area contributed by atoms with Crippen LogP contribution in [0.1, 0.15) is 5.56 Å². The summed E-state index contributed by atoms with van der Waals surface area (Å²) in [4.78, 5) is 9.82. The second kappa shape index (κ2) is 5.11. The van der Waals surface area contributed by atoms with E-state index in [9.17, 15) is 10.1 Å². The number of nitrogens with zero attached hydrogens (tertiary/aromatic N) is 1. The van der Waals surface area contributed by atoms with Crippen molar-refractivity contribution in [2.75, 3.05) is 13.7 Å². The fraction of sp³-hybridized carbons (Fsp3) is 0.200. The van der Waals surface area contributed by atoms with Gasteiger partial charge in [0.25, 0.3) is 5.70 Å². The molecule has 80 valence electrons. The summed E-state index contributed by atoms with van der Waals surface area (Å²) in [7, 11) is 1.52. The Morgan fingerprint density at radius 3 is 2.93 bits per heavy atom. The van der Waals surface area contributed by atoms with Gasteiger partial charge < -0.3 is 9.84 Å². The summed E-state index contributed by atoms with van der Waals surface area (Å²) in [5, 5.41) is 19.2. The van der Waals surface area contributed by atoms with Gasteiger partial charge in [-0.1, -0.05) is 12.1 Å². The smallest absolute Gasteiger partial charge is 0.271 e. The molecular formula is C10H11NO4. The quantitative estimate of drug-likeness (QED) is 0.599. The first-order valence-corrected chi connectivity index (χ1v) is 4.27. The van der Waals surface area contributed by atoms with Crippen molar-refractivity contribution in [1.29, 1.82) is 0 Å². The van der Waals surface area contributed by atoms with Crippen molar-refractivity contribution in [3.8, 4) is 5.75 Å². The Labute approximate surface area is 86.8 Å². The highest BCUT2D eigenvalue weighted by atomic mass is 16.6. The lowest BCUT2D eigenvalue weighted by molar-refractivity contribution is -0.428. The highest BCUT2D eigenvalue weighted by Crippen LogP contribution is 2.15. The van der Waals surface area contributed by atoms with E-state index >= 15 is 0 Å². The number of hydrogen-bond acceptors (Lipinski definition) is 4. The Morgan fingerprint density at radius 1 is 1.67 bits per heavy atom. The normalized spacial score (nSPS) is 11.2. The zero-order valence-corrected chi connectivity index (χ0v) is 8.21. The molecule has 5 heteroatoms. The minimum atomic E-state index is -0.612. The number of methoxy groups -OCH3 is 1. The maximum atomic E-state index is 10.4. The topological polar surface area (TPSA) is 72.6 Å². The summed E-state index contributed by atoms with van der Waals surface area (Å²) in [6, 6.07) is 6.81. The lowest BCUT2D eigenvalue weighted by atomic mass is 10.2. The fourth-order valence-electron chi connectivity index (χ4n) is 1.08. The predicted octanol–water partition coefficient (Wildman–Crippen LogP) is 1.31. The number of aliphatic hydroxyl groups is 1. The minimum Gasteiger partial charge on any atom is -0.497 e. The van der Waals surface area contributed by atoms with Crippen LogP contribution in [-0.2, 0) is 0 Å². The number of ether oxygens (including phenoxy) is 1. The zero-order chi connectivity index (χ0) is 11.3. The second-order valence-corrected chi connectivity index (χ2v) is 2.83. The van der Waals surface area contributed by atoms with E-state index in [4.69, 9.17) is 9.84 Å². The van der Waals surface area contributed by atoms with Crippen molar-refractivity contribution in [3.63, 3.8) is 0 Å². The second-order valence-electron chi connectivity index (χ2n) is 2.83. The summed E-state index contributed by atoms with van der Waals surface area (Å²) in [5.41, 5.74) is 0.373. The summed E-state index contributed by atoms with van der Waals surface area (Å²) in [6.07, 6.45) is 1.31. The van der Waals surface area contributed by atoms with Gasteiger partial charge in [0.1, 0.15) is 12.4 Å². The molecule has 0 unspecified atom stereocenters. The Morgan fingerprint density at radius 2 is 2.40 bits per heavy atom. The highest BCUT2D eigenvalue weighted by Gasteiger charge is 2.08. The molecule has 5 nitrogen and oxygen atoms in total. The molecule has 0 radical (unpaired) electrons. The molecular weight excluding hydrogens is 198 g/mol. The van der Waals surface area contributed by atoms with E-state index < -0.39 is 11.5 Å². The fourth-order valence-corrected chi connectivity index (χ4v) is 1.08. The molecule has 15 heavy (non-hydrogen) atoms. The molecule has 0 bridgehead atoms. The van der Waals surface area contributed by atoms with Crippen LogP contribution >= 0.6 is 0 Å². The minimum absolute atomic E-state index is 0.247. The molecule has 0 aliphatic rings. The molecule has 1 aromatic rings. The Hall–Kier alpha value is -1.88. The lowest BCUT2D eigenvalue weighted by Gasteiger charge is -2.00. The Bertz CT molecular complexity index is 387. The third-order valence-electron chi connectivity index (χ3n) is 1.82. The van der Waals surface area contributed by atoms with Gasteiger partial charge in [-0.3, -0.25) is 10.1 Å². The van der Waals surface area contributed by atoms with Crippen molar-refractivity contribution in [3.05, 3.63) is 45.6 Å². The van der Waals surface area contributed by atoms with Crippen LogP contribution in [0.3, 0.4) is 0 Å². The van der Waals surface area contributed by atoms with Gasteiger partial charge in [0.15, 0.2) is 0 Å². The third-order valence-corrected chi connectivity index (χ3v) is 1.82. The van der Waals surface area contributed by atoms with Crippen LogP contribution in [0.15, 0.2) is 30.0 Å². The predicted molar refractivity (Wildman–Crippen MR) is 55.1 cm³/mol. The van der Waals surface area contributed by atoms with E-state index in [1.54, 1.807) is 24.3 Å². The van der Waals surface area contributed by atoms with Crippen molar-refractivity contribution in [2.24, 2.45) is 0 Å². The van der Waals surface area contributed by atoms with Crippen molar-refractivity contribution in [2.45, 2.75) is 0 Å². The molecule has 1 aromatic carbocycles. The number of hydrogen-bond donors (Lipinski definition) is 1. The van der Waals surface area contributed by atoms with E-state index in [2.05, 4.69) is 0 Å². The van der Waals surface area contributed by atoms with Gasteiger partial charge in [0, 0.05) is 6.08 Å². The van der Waals surface area contributed by atoms with Gasteiger partial charge in [-0.15, -0.1) is 0 Å². The van der Waals surface area contributed by atoms with Crippen LogP contribution in [0.25, 0.3) is 6.08 Å². The average Bonchev–Trinajstić information content (AvgIpc) is 2.25. The summed E-state index contributed by atoms with van der Waals surface area (Å²) < 4.78 is 4.97. The lowest BCUT2D eigenvalue weighted by Crippen LogP contribution is -2.02. The van der Waals surface area contributed by atoms with Crippen LogP contribution in [-0.4, -0.2) is 23.7 Å². The molecule has 0 saturated carbocycles. The Balaban J connectivity index is 3.00. The average molecular weight is 209 g/mol. The maximum Gasteiger partial charge on any atom is 0.271 e. The first kappa shape index (κ1) is 11.2. The molecule has 0 spiro atoms. The molecule has 0 aliphatic heterocycles. The standard InChI is InChI=1S/C10H11NO4/c1-15-10-4-2-3-8(6-10)5-9(7-12)11(13)14/h2-6,12H,7H2,1H3. The Kier molecular flexibility index (Phi) is 3.82. The molecule has 0 fully saturated rings. The maximum absolute atomic E-state index is 10.4. The van der Waals surface area contributed by atoms with E-state index in [0.29, 0.717) is 11.3 Å². The van der Waals surface area contributed by atoms with Gasteiger partial charge in [-0.2, -0.15) is 0 Å². The van der Waals surface area contributed by atoms with Crippen LogP contribution in [0.4, 0.5) is 0 Å². The monoisotopic (exact) mass is 209 g/mol. The molecule has 0 amide bonds. The molecule has 0 aliphatic carbocycles. The van der Waals surface area contributed by atoms with E-state index in [-0.39, 0.29) is 5.70 Å². The van der Waals surface area contributed by atoms with Gasteiger partial charge >= 0.3 is 0 Å². The SMILES string of the molecule is COc1cccc(C=C(CO)[N+](=O)[O-])c1. The third kappa shape index (κ3) is 3.07. The summed E-state index contributed by atoms with van der Waals surface area (Å²) in [5.74, 6) is 0.615. The first-order valence-electron chi connectivity index (χ1n) is 4.27. The number of nitro groups is 1. The van der Waals surface area contributed by atoms with Gasteiger partial charge in [-0.25, -0.2) is 0 Å². The summed E-state index contributed by atoms with van der Waals surface area (Å²) in [6.45, 7) is -0.593. The zero-order valence-electron chi connectivity index (χ0n) is 8.21. The number of benzene rings is 1. The molecule has 0 atom stereocenters. The first-order chi connectivity index (χ1) is 7.17. The highest BCUT2D eigenvalue weighted by molar-refractivity contribution is 5.53. The van der Waals surface area contributed by atoms with E-state index in [0.717, 1.165) is 0 Å². The molecule has 0 aromatic heterocycles. The van der Waals surface area contributed by atoms with E-state index in [1.165, 1.54) is 13.2 Å².